The minimum atomic E-state index is -3.52. The molecule has 2 amide bonds. The van der Waals surface area contributed by atoms with Gasteiger partial charge in [0.25, 0.3) is 0 Å². The zero-order valence-electron chi connectivity index (χ0n) is 21.0. The Labute approximate surface area is 223 Å². The average Bonchev–Trinajstić information content (AvgIpc) is 3.53. The summed E-state index contributed by atoms with van der Waals surface area (Å²) in [5, 5.41) is 3.52. The maximum atomic E-state index is 13.3. The third kappa shape index (κ3) is 8.01. The number of sulfonamides is 1. The van der Waals surface area contributed by atoms with Crippen molar-refractivity contribution in [2.45, 2.75) is 75.1 Å². The van der Waals surface area contributed by atoms with E-state index >= 15 is 0 Å². The van der Waals surface area contributed by atoms with E-state index in [1.165, 1.54) is 0 Å². The first kappa shape index (κ1) is 27.6. The highest BCUT2D eigenvalue weighted by Crippen LogP contribution is 2.23. The normalized spacial score (nSPS) is 18.4. The molecule has 37 heavy (non-hydrogen) atoms. The summed E-state index contributed by atoms with van der Waals surface area (Å²) in [6, 6.07) is 13.2. The molecule has 10 heteroatoms. The van der Waals surface area contributed by atoms with Crippen LogP contribution < -0.4 is 10.0 Å². The van der Waals surface area contributed by atoms with Crippen LogP contribution in [-0.4, -0.2) is 56.5 Å². The van der Waals surface area contributed by atoms with Crippen LogP contribution in [0.25, 0.3) is 0 Å². The molecule has 2 aliphatic rings. The number of benzene rings is 2. The Morgan fingerprint density at radius 1 is 1.05 bits per heavy atom. The summed E-state index contributed by atoms with van der Waals surface area (Å²) in [5.41, 5.74) is 1.72. The lowest BCUT2D eigenvalue weighted by molar-refractivity contribution is -0.140. The van der Waals surface area contributed by atoms with E-state index in [1.54, 1.807) is 48.2 Å². The summed E-state index contributed by atoms with van der Waals surface area (Å²) in [6.45, 7) is 3.14. The first-order chi connectivity index (χ1) is 17.7. The van der Waals surface area contributed by atoms with E-state index in [0.717, 1.165) is 36.8 Å². The molecular formula is C27H34ClN3O5S. The highest BCUT2D eigenvalue weighted by molar-refractivity contribution is 7.89. The van der Waals surface area contributed by atoms with Crippen LogP contribution in [0.5, 0.6) is 0 Å². The second-order valence-corrected chi connectivity index (χ2v) is 11.9. The summed E-state index contributed by atoms with van der Waals surface area (Å²) in [4.78, 5) is 28.1. The number of ether oxygens (including phenoxy) is 1. The number of halogens is 1. The highest BCUT2D eigenvalue weighted by Gasteiger charge is 2.29. The smallest absolute Gasteiger partial charge is 0.242 e. The molecule has 1 aliphatic carbocycles. The van der Waals surface area contributed by atoms with E-state index < -0.39 is 16.1 Å². The molecular weight excluding hydrogens is 514 g/mol. The number of amides is 2. The molecule has 1 saturated carbocycles. The molecule has 0 bridgehead atoms. The van der Waals surface area contributed by atoms with Crippen molar-refractivity contribution < 1.29 is 22.7 Å². The van der Waals surface area contributed by atoms with E-state index in [1.807, 2.05) is 12.1 Å². The van der Waals surface area contributed by atoms with Gasteiger partial charge in [-0.15, -0.1) is 0 Å². The first-order valence-electron chi connectivity index (χ1n) is 12.8. The molecule has 1 aliphatic heterocycles. The van der Waals surface area contributed by atoms with Gasteiger partial charge >= 0.3 is 0 Å². The fourth-order valence-corrected chi connectivity index (χ4v) is 5.69. The van der Waals surface area contributed by atoms with Gasteiger partial charge in [0.1, 0.15) is 6.04 Å². The van der Waals surface area contributed by atoms with Crippen LogP contribution in [-0.2, 0) is 37.3 Å². The number of carbonyl (C=O) groups excluding carboxylic acids is 2. The van der Waals surface area contributed by atoms with Crippen LogP contribution >= 0.6 is 11.6 Å². The van der Waals surface area contributed by atoms with Crippen LogP contribution in [0, 0.1) is 0 Å². The molecule has 2 N–H and O–H groups in total. The fourth-order valence-electron chi connectivity index (χ4n) is 4.26. The van der Waals surface area contributed by atoms with E-state index in [-0.39, 0.29) is 41.8 Å². The van der Waals surface area contributed by atoms with E-state index in [4.69, 9.17) is 16.3 Å². The van der Waals surface area contributed by atoms with Gasteiger partial charge in [-0.2, -0.15) is 0 Å². The zero-order chi connectivity index (χ0) is 26.4. The predicted octanol–water partition coefficient (Wildman–Crippen LogP) is 3.43. The second kappa shape index (κ2) is 12.4. The Bertz CT molecular complexity index is 1180. The van der Waals surface area contributed by atoms with Gasteiger partial charge in [-0.1, -0.05) is 35.9 Å². The summed E-state index contributed by atoms with van der Waals surface area (Å²) in [6.07, 6.45) is 4.27. The molecule has 200 valence electrons. The molecule has 2 fully saturated rings. The molecule has 2 aromatic carbocycles. The SMILES string of the molecule is C[C@@H](C(=O)NC[C@@H]1CCCO1)N(Cc1ccc(Cl)cc1)C(=O)CCc1ccc(S(=O)(=O)NC2CC2)cc1. The van der Waals surface area contributed by atoms with Crippen molar-refractivity contribution in [3.8, 4) is 0 Å². The lowest BCUT2D eigenvalue weighted by atomic mass is 10.1. The molecule has 8 nitrogen and oxygen atoms in total. The van der Waals surface area contributed by atoms with Crippen molar-refractivity contribution in [2.75, 3.05) is 13.2 Å². The Kier molecular flexibility index (Phi) is 9.23. The van der Waals surface area contributed by atoms with Crippen LogP contribution in [0.15, 0.2) is 53.4 Å². The molecule has 1 saturated heterocycles. The number of hydrogen-bond acceptors (Lipinski definition) is 5. The number of carbonyl (C=O) groups is 2. The first-order valence-corrected chi connectivity index (χ1v) is 14.6. The summed E-state index contributed by atoms with van der Waals surface area (Å²) in [7, 11) is -3.52. The Morgan fingerprint density at radius 2 is 1.73 bits per heavy atom. The molecule has 0 spiro atoms. The van der Waals surface area contributed by atoms with E-state index in [0.29, 0.717) is 24.6 Å². The Balaban J connectivity index is 1.39. The van der Waals surface area contributed by atoms with Crippen molar-refractivity contribution in [3.05, 3.63) is 64.7 Å². The van der Waals surface area contributed by atoms with Crippen LogP contribution in [0.1, 0.15) is 50.2 Å². The zero-order valence-corrected chi connectivity index (χ0v) is 22.6. The largest absolute Gasteiger partial charge is 0.376 e. The van der Waals surface area contributed by atoms with Crippen molar-refractivity contribution >= 4 is 33.4 Å². The third-order valence-electron chi connectivity index (χ3n) is 6.72. The Hall–Kier alpha value is -2.46. The molecule has 0 aromatic heterocycles. The fraction of sp³-hybridized carbons (Fsp3) is 0.481. The molecule has 2 aromatic rings. The third-order valence-corrected chi connectivity index (χ3v) is 8.51. The van der Waals surface area contributed by atoms with E-state index in [2.05, 4.69) is 10.0 Å². The number of hydrogen-bond donors (Lipinski definition) is 2. The van der Waals surface area contributed by atoms with Crippen molar-refractivity contribution in [2.24, 2.45) is 0 Å². The molecule has 4 rings (SSSR count). The van der Waals surface area contributed by atoms with Crippen molar-refractivity contribution in [3.63, 3.8) is 0 Å². The number of rotatable bonds is 12. The van der Waals surface area contributed by atoms with Gasteiger partial charge in [0.15, 0.2) is 0 Å². The number of nitrogens with zero attached hydrogens (tertiary/aromatic N) is 1. The summed E-state index contributed by atoms with van der Waals surface area (Å²) in [5.74, 6) is -0.391. The lowest BCUT2D eigenvalue weighted by Gasteiger charge is -2.29. The molecule has 0 radical (unpaired) electrons. The van der Waals surface area contributed by atoms with Crippen molar-refractivity contribution in [1.82, 2.24) is 14.9 Å². The monoisotopic (exact) mass is 547 g/mol. The minimum Gasteiger partial charge on any atom is -0.376 e. The van der Waals surface area contributed by atoms with Gasteiger partial charge in [-0.3, -0.25) is 9.59 Å². The van der Waals surface area contributed by atoms with Gasteiger partial charge in [-0.05, 0) is 74.4 Å². The van der Waals surface area contributed by atoms with Crippen molar-refractivity contribution in [1.29, 1.82) is 0 Å². The van der Waals surface area contributed by atoms with Gasteiger partial charge in [-0.25, -0.2) is 13.1 Å². The summed E-state index contributed by atoms with van der Waals surface area (Å²) >= 11 is 6.01. The molecule has 1 heterocycles. The topological polar surface area (TPSA) is 105 Å². The highest BCUT2D eigenvalue weighted by atomic mass is 35.5. The van der Waals surface area contributed by atoms with Gasteiger partial charge < -0.3 is 15.0 Å². The van der Waals surface area contributed by atoms with Gasteiger partial charge in [0.2, 0.25) is 21.8 Å². The van der Waals surface area contributed by atoms with Crippen LogP contribution in [0.4, 0.5) is 0 Å². The van der Waals surface area contributed by atoms with Gasteiger partial charge in [0, 0.05) is 37.2 Å². The predicted molar refractivity (Wildman–Crippen MR) is 142 cm³/mol. The number of aryl methyl sites for hydroxylation is 1. The maximum absolute atomic E-state index is 13.3. The lowest BCUT2D eigenvalue weighted by Crippen LogP contribution is -2.49. The second-order valence-electron chi connectivity index (χ2n) is 9.74. The average molecular weight is 548 g/mol. The molecule has 2 atom stereocenters. The standard InChI is InChI=1S/C27H34ClN3O5S/c1-19(27(33)29-17-24-3-2-16-36-24)31(18-21-4-9-22(28)10-5-21)26(32)15-8-20-6-13-25(14-7-20)37(34,35)30-23-11-12-23/h4-7,9-10,13-14,19,23-24,30H,2-3,8,11-12,15-18H2,1H3,(H,29,33)/t19-,24-/m0/s1. The summed E-state index contributed by atoms with van der Waals surface area (Å²) < 4.78 is 33.0. The maximum Gasteiger partial charge on any atom is 0.242 e. The van der Waals surface area contributed by atoms with E-state index in [9.17, 15) is 18.0 Å². The van der Waals surface area contributed by atoms with Gasteiger partial charge in [0.05, 0.1) is 11.0 Å². The van der Waals surface area contributed by atoms with Crippen LogP contribution in [0.3, 0.4) is 0 Å². The molecule has 0 unspecified atom stereocenters. The quantitative estimate of drug-likeness (QED) is 0.423. The number of nitrogens with one attached hydrogen (secondary N) is 2. The van der Waals surface area contributed by atoms with Crippen LogP contribution in [0.2, 0.25) is 5.02 Å². The minimum absolute atomic E-state index is 0.0165. The Morgan fingerprint density at radius 3 is 2.35 bits per heavy atom.